The van der Waals surface area contributed by atoms with Gasteiger partial charge in [-0.2, -0.15) is 0 Å². The summed E-state index contributed by atoms with van der Waals surface area (Å²) in [6.45, 7) is 4.36. The molecule has 1 aromatic rings. The molecule has 0 saturated heterocycles. The van der Waals surface area contributed by atoms with Crippen molar-refractivity contribution in [3.63, 3.8) is 0 Å². The highest BCUT2D eigenvalue weighted by molar-refractivity contribution is 6.29. The van der Waals surface area contributed by atoms with Gasteiger partial charge in [0, 0.05) is 12.1 Å². The van der Waals surface area contributed by atoms with Gasteiger partial charge >= 0.3 is 5.69 Å². The summed E-state index contributed by atoms with van der Waals surface area (Å²) in [5.41, 5.74) is -0.0221. The maximum atomic E-state index is 10.9. The van der Waals surface area contributed by atoms with E-state index in [4.69, 9.17) is 11.6 Å². The van der Waals surface area contributed by atoms with Crippen molar-refractivity contribution in [2.24, 2.45) is 11.8 Å². The summed E-state index contributed by atoms with van der Waals surface area (Å²) in [6, 6.07) is 3.05. The van der Waals surface area contributed by atoms with Gasteiger partial charge in [0.15, 0.2) is 0 Å². The molecule has 1 N–H and O–H groups in total. The van der Waals surface area contributed by atoms with Gasteiger partial charge in [-0.05, 0) is 30.7 Å². The van der Waals surface area contributed by atoms with Crippen LogP contribution in [0.3, 0.4) is 0 Å². The monoisotopic (exact) mass is 269 g/mol. The number of anilines is 1. The summed E-state index contributed by atoms with van der Waals surface area (Å²) in [7, 11) is 0. The van der Waals surface area contributed by atoms with Gasteiger partial charge in [0.2, 0.25) is 5.82 Å². The minimum Gasteiger partial charge on any atom is -0.361 e. The molecule has 1 saturated carbocycles. The predicted molar refractivity (Wildman–Crippen MR) is 70.9 cm³/mol. The summed E-state index contributed by atoms with van der Waals surface area (Å²) in [5, 5.41) is 14.4. The highest BCUT2D eigenvalue weighted by Gasteiger charge is 2.31. The Morgan fingerprint density at radius 3 is 2.72 bits per heavy atom. The second-order valence-corrected chi connectivity index (χ2v) is 5.31. The zero-order chi connectivity index (χ0) is 13.3. The number of hydrogen-bond donors (Lipinski definition) is 1. The Kier molecular flexibility index (Phi) is 3.71. The quantitative estimate of drug-likeness (QED) is 0.518. The van der Waals surface area contributed by atoms with Crippen LogP contribution < -0.4 is 5.32 Å². The van der Waals surface area contributed by atoms with Gasteiger partial charge < -0.3 is 5.32 Å². The lowest BCUT2D eigenvalue weighted by Crippen LogP contribution is -2.25. The number of hydrogen-bond acceptors (Lipinski definition) is 4. The first-order chi connectivity index (χ1) is 8.49. The van der Waals surface area contributed by atoms with Crippen molar-refractivity contribution < 1.29 is 4.92 Å². The van der Waals surface area contributed by atoms with Crippen LogP contribution in [-0.2, 0) is 0 Å². The molecule has 18 heavy (non-hydrogen) atoms. The van der Waals surface area contributed by atoms with E-state index in [9.17, 15) is 10.1 Å². The normalized spacial score (nSPS) is 27.2. The largest absolute Gasteiger partial charge is 0.361 e. The molecular weight excluding hydrogens is 254 g/mol. The molecule has 3 atom stereocenters. The second kappa shape index (κ2) is 5.10. The Morgan fingerprint density at radius 2 is 2.17 bits per heavy atom. The molecule has 98 valence electrons. The number of halogens is 1. The Balaban J connectivity index is 2.23. The van der Waals surface area contributed by atoms with Gasteiger partial charge in [0.05, 0.1) is 4.92 Å². The number of nitro groups is 1. The zero-order valence-corrected chi connectivity index (χ0v) is 11.1. The third kappa shape index (κ3) is 2.56. The Hall–Kier alpha value is -1.36. The van der Waals surface area contributed by atoms with Crippen molar-refractivity contribution in [1.29, 1.82) is 0 Å². The van der Waals surface area contributed by atoms with Crippen LogP contribution in [0.1, 0.15) is 26.7 Å². The van der Waals surface area contributed by atoms with Crippen LogP contribution in [0.5, 0.6) is 0 Å². The third-order valence-electron chi connectivity index (χ3n) is 3.82. The Morgan fingerprint density at radius 1 is 1.44 bits per heavy atom. The van der Waals surface area contributed by atoms with Crippen molar-refractivity contribution in [2.75, 3.05) is 5.32 Å². The fourth-order valence-corrected chi connectivity index (χ4v) is 2.57. The summed E-state index contributed by atoms with van der Waals surface area (Å²) in [4.78, 5) is 14.5. The molecule has 1 fully saturated rings. The van der Waals surface area contributed by atoms with Gasteiger partial charge in [-0.3, -0.25) is 10.1 Å². The lowest BCUT2D eigenvalue weighted by Gasteiger charge is -2.20. The molecule has 1 heterocycles. The summed E-state index contributed by atoms with van der Waals surface area (Å²) >= 11 is 5.80. The van der Waals surface area contributed by atoms with E-state index in [1.165, 1.54) is 12.1 Å². The highest BCUT2D eigenvalue weighted by Crippen LogP contribution is 2.35. The molecule has 0 aliphatic heterocycles. The van der Waals surface area contributed by atoms with Crippen molar-refractivity contribution in [3.05, 3.63) is 27.4 Å². The van der Waals surface area contributed by atoms with E-state index in [-0.39, 0.29) is 22.7 Å². The lowest BCUT2D eigenvalue weighted by atomic mass is 9.98. The van der Waals surface area contributed by atoms with E-state index < -0.39 is 4.92 Å². The minimum atomic E-state index is -0.436. The molecule has 6 heteroatoms. The van der Waals surface area contributed by atoms with Crippen LogP contribution in [0, 0.1) is 22.0 Å². The average Bonchev–Trinajstić information content (AvgIpc) is 2.61. The SMILES string of the molecule is CC1CCC(Nc2nc(Cl)ccc2[N+](=O)[O-])C1C. The van der Waals surface area contributed by atoms with Crippen molar-refractivity contribution in [3.8, 4) is 0 Å². The Labute approximate surface area is 111 Å². The topological polar surface area (TPSA) is 68.1 Å². The van der Waals surface area contributed by atoms with E-state index in [1.807, 2.05) is 0 Å². The van der Waals surface area contributed by atoms with Crippen LogP contribution in [0.25, 0.3) is 0 Å². The smallest absolute Gasteiger partial charge is 0.311 e. The van der Waals surface area contributed by atoms with Crippen LogP contribution in [0.4, 0.5) is 11.5 Å². The molecule has 0 spiro atoms. The molecule has 1 aliphatic carbocycles. The van der Waals surface area contributed by atoms with E-state index in [1.54, 1.807) is 0 Å². The van der Waals surface area contributed by atoms with Gasteiger partial charge in [-0.1, -0.05) is 25.4 Å². The van der Waals surface area contributed by atoms with E-state index in [0.29, 0.717) is 11.8 Å². The average molecular weight is 270 g/mol. The minimum absolute atomic E-state index is 0.0221. The van der Waals surface area contributed by atoms with Crippen LogP contribution >= 0.6 is 11.6 Å². The van der Waals surface area contributed by atoms with Gasteiger partial charge in [0.25, 0.3) is 0 Å². The zero-order valence-electron chi connectivity index (χ0n) is 10.4. The van der Waals surface area contributed by atoms with Crippen molar-refractivity contribution in [2.45, 2.75) is 32.7 Å². The molecule has 0 radical (unpaired) electrons. The van der Waals surface area contributed by atoms with E-state index in [2.05, 4.69) is 24.1 Å². The molecule has 2 rings (SSSR count). The number of pyridine rings is 1. The maximum Gasteiger partial charge on any atom is 0.311 e. The van der Waals surface area contributed by atoms with Gasteiger partial charge in [-0.25, -0.2) is 4.98 Å². The van der Waals surface area contributed by atoms with Gasteiger partial charge in [0.1, 0.15) is 5.15 Å². The van der Waals surface area contributed by atoms with E-state index >= 15 is 0 Å². The number of nitrogens with one attached hydrogen (secondary N) is 1. The first kappa shape index (κ1) is 13.1. The van der Waals surface area contributed by atoms with Crippen LogP contribution in [0.15, 0.2) is 12.1 Å². The first-order valence-electron chi connectivity index (χ1n) is 6.06. The van der Waals surface area contributed by atoms with Crippen molar-refractivity contribution >= 4 is 23.1 Å². The van der Waals surface area contributed by atoms with Gasteiger partial charge in [-0.15, -0.1) is 0 Å². The molecule has 0 amide bonds. The Bertz CT molecular complexity index is 467. The molecule has 1 aromatic heterocycles. The molecule has 3 unspecified atom stereocenters. The molecular formula is C12H16ClN3O2. The third-order valence-corrected chi connectivity index (χ3v) is 4.03. The summed E-state index contributed by atoms with van der Waals surface area (Å²) < 4.78 is 0. The number of aromatic nitrogens is 1. The standard InChI is InChI=1S/C12H16ClN3O2/c1-7-3-4-9(8(7)2)14-12-10(16(17)18)5-6-11(13)15-12/h5-9H,3-4H2,1-2H3,(H,14,15). The predicted octanol–water partition coefficient (Wildman–Crippen LogP) is 3.49. The van der Waals surface area contributed by atoms with Crippen LogP contribution in [0.2, 0.25) is 5.15 Å². The maximum absolute atomic E-state index is 10.9. The second-order valence-electron chi connectivity index (χ2n) is 4.92. The molecule has 1 aliphatic rings. The van der Waals surface area contributed by atoms with E-state index in [0.717, 1.165) is 12.8 Å². The number of rotatable bonds is 3. The fourth-order valence-electron chi connectivity index (χ4n) is 2.43. The number of nitrogens with zero attached hydrogens (tertiary/aromatic N) is 2. The molecule has 0 bridgehead atoms. The summed E-state index contributed by atoms with van der Waals surface area (Å²) in [5.74, 6) is 1.38. The molecule has 0 aromatic carbocycles. The first-order valence-corrected chi connectivity index (χ1v) is 6.44. The summed E-state index contributed by atoms with van der Waals surface area (Å²) in [6.07, 6.45) is 2.14. The van der Waals surface area contributed by atoms with Crippen LogP contribution in [-0.4, -0.2) is 15.9 Å². The highest BCUT2D eigenvalue weighted by atomic mass is 35.5. The van der Waals surface area contributed by atoms with Crippen molar-refractivity contribution in [1.82, 2.24) is 4.98 Å². The fraction of sp³-hybridized carbons (Fsp3) is 0.583. The molecule has 5 nitrogen and oxygen atoms in total. The lowest BCUT2D eigenvalue weighted by molar-refractivity contribution is -0.384.